The Morgan fingerprint density at radius 3 is 2.44 bits per heavy atom. The summed E-state index contributed by atoms with van der Waals surface area (Å²) in [6, 6.07) is 7.69. The summed E-state index contributed by atoms with van der Waals surface area (Å²) in [6.07, 6.45) is 7.07. The number of nitrogens with zero attached hydrogens (tertiary/aromatic N) is 4. The predicted octanol–water partition coefficient (Wildman–Crippen LogP) is 5.66. The van der Waals surface area contributed by atoms with Crippen LogP contribution in [0.15, 0.2) is 36.5 Å². The molecule has 1 amide bonds. The third kappa shape index (κ3) is 5.92. The average molecular weight is 571 g/mol. The van der Waals surface area contributed by atoms with Gasteiger partial charge < -0.3 is 20.3 Å². The summed E-state index contributed by atoms with van der Waals surface area (Å²) in [6.45, 7) is 4.75. The summed E-state index contributed by atoms with van der Waals surface area (Å²) < 4.78 is 46.7. The monoisotopic (exact) mass is 570 g/mol. The molecule has 11 heteroatoms. The lowest BCUT2D eigenvalue weighted by Gasteiger charge is -2.47. The summed E-state index contributed by atoms with van der Waals surface area (Å²) in [5.41, 5.74) is 0.215. The second-order valence-corrected chi connectivity index (χ2v) is 11.8. The van der Waals surface area contributed by atoms with Crippen molar-refractivity contribution < 1.29 is 22.7 Å². The summed E-state index contributed by atoms with van der Waals surface area (Å²) in [4.78, 5) is 19.0. The molecule has 3 aromatic rings. The summed E-state index contributed by atoms with van der Waals surface area (Å²) in [5.74, 6) is -0.369. The number of amides is 1. The number of rotatable bonds is 5. The fraction of sp³-hybridized carbons (Fsp3) is 0.567. The molecule has 3 aliphatic rings. The molecule has 1 spiro atoms. The normalized spacial score (nSPS) is 23.5. The van der Waals surface area contributed by atoms with Crippen molar-refractivity contribution >= 4 is 22.5 Å². The molecule has 0 unspecified atom stereocenters. The quantitative estimate of drug-likeness (QED) is 0.412. The van der Waals surface area contributed by atoms with Gasteiger partial charge in [-0.2, -0.15) is 18.3 Å². The van der Waals surface area contributed by atoms with Gasteiger partial charge in [0.15, 0.2) is 0 Å². The highest BCUT2D eigenvalue weighted by molar-refractivity contribution is 6.05. The highest BCUT2D eigenvalue weighted by Crippen LogP contribution is 2.42. The lowest BCUT2D eigenvalue weighted by Crippen LogP contribution is -2.49. The smallest absolute Gasteiger partial charge is 0.433 e. The van der Waals surface area contributed by atoms with Crippen LogP contribution >= 0.6 is 0 Å². The van der Waals surface area contributed by atoms with E-state index in [-0.39, 0.29) is 5.69 Å². The van der Waals surface area contributed by atoms with E-state index in [0.717, 1.165) is 55.7 Å². The second-order valence-electron chi connectivity index (χ2n) is 11.8. The number of carbonyl (C=O) groups excluding carboxylic acids is 1. The van der Waals surface area contributed by atoms with Crippen LogP contribution in [0.3, 0.4) is 0 Å². The van der Waals surface area contributed by atoms with E-state index >= 15 is 0 Å². The molecule has 1 aliphatic carbocycles. The minimum absolute atomic E-state index is 0.303. The molecule has 0 radical (unpaired) electrons. The zero-order valence-corrected chi connectivity index (χ0v) is 23.3. The first-order chi connectivity index (χ1) is 19.7. The fourth-order valence-corrected chi connectivity index (χ4v) is 6.94. The van der Waals surface area contributed by atoms with Crippen molar-refractivity contribution in [1.29, 1.82) is 0 Å². The number of ether oxygens (including phenoxy) is 1. The lowest BCUT2D eigenvalue weighted by atomic mass is 9.71. The van der Waals surface area contributed by atoms with Gasteiger partial charge in [-0.3, -0.25) is 9.48 Å². The summed E-state index contributed by atoms with van der Waals surface area (Å²) in [5, 5.41) is 11.8. The minimum Gasteiger partial charge on any atom is -0.494 e. The number of halogens is 3. The van der Waals surface area contributed by atoms with Crippen molar-refractivity contribution in [2.24, 2.45) is 5.41 Å². The van der Waals surface area contributed by atoms with Crippen molar-refractivity contribution in [3.63, 3.8) is 0 Å². The highest BCUT2D eigenvalue weighted by Gasteiger charge is 2.38. The van der Waals surface area contributed by atoms with Crippen LogP contribution < -0.4 is 15.4 Å². The number of fused-ring (bicyclic) bond motifs is 1. The van der Waals surface area contributed by atoms with E-state index in [2.05, 4.69) is 20.5 Å². The van der Waals surface area contributed by atoms with Crippen molar-refractivity contribution in [2.75, 3.05) is 38.6 Å². The molecule has 2 saturated heterocycles. The molecule has 220 valence electrons. The Hall–Kier alpha value is -3.18. The van der Waals surface area contributed by atoms with Gasteiger partial charge in [-0.05, 0) is 101 Å². The van der Waals surface area contributed by atoms with Gasteiger partial charge in [0.05, 0.1) is 24.4 Å². The van der Waals surface area contributed by atoms with E-state index in [1.807, 2.05) is 10.9 Å². The molecule has 0 bridgehead atoms. The molecule has 6 rings (SSSR count). The summed E-state index contributed by atoms with van der Waals surface area (Å²) >= 11 is 0. The molecule has 8 nitrogen and oxygen atoms in total. The molecule has 2 N–H and O–H groups in total. The van der Waals surface area contributed by atoms with Gasteiger partial charge in [0.2, 0.25) is 0 Å². The largest absolute Gasteiger partial charge is 0.494 e. The molecule has 4 heterocycles. The third-order valence-electron chi connectivity index (χ3n) is 9.44. The average Bonchev–Trinajstić information content (AvgIpc) is 3.40. The molecule has 0 atom stereocenters. The van der Waals surface area contributed by atoms with E-state index in [4.69, 9.17) is 9.84 Å². The van der Waals surface area contributed by atoms with Crippen molar-refractivity contribution in [2.45, 2.75) is 69.6 Å². The van der Waals surface area contributed by atoms with Crippen molar-refractivity contribution in [3.05, 3.63) is 47.9 Å². The minimum atomic E-state index is -4.63. The second kappa shape index (κ2) is 11.2. The van der Waals surface area contributed by atoms with E-state index in [0.29, 0.717) is 28.9 Å². The highest BCUT2D eigenvalue weighted by atomic mass is 19.4. The van der Waals surface area contributed by atoms with Crippen LogP contribution in [-0.2, 0) is 6.18 Å². The van der Waals surface area contributed by atoms with Gasteiger partial charge in [-0.25, -0.2) is 4.98 Å². The summed E-state index contributed by atoms with van der Waals surface area (Å²) in [7, 11) is 1.48. The number of likely N-dealkylation sites (tertiary alicyclic amines) is 1. The Morgan fingerprint density at radius 1 is 1.05 bits per heavy atom. The van der Waals surface area contributed by atoms with Gasteiger partial charge in [-0.1, -0.05) is 6.07 Å². The van der Waals surface area contributed by atoms with Gasteiger partial charge in [-0.15, -0.1) is 0 Å². The maximum atomic E-state index is 13.1. The van der Waals surface area contributed by atoms with Crippen LogP contribution in [0.5, 0.6) is 5.75 Å². The number of methoxy groups -OCH3 is 1. The van der Waals surface area contributed by atoms with Crippen molar-refractivity contribution in [1.82, 2.24) is 25.0 Å². The molecule has 1 saturated carbocycles. The number of carbonyl (C=O) groups is 1. The number of anilines is 1. The SMILES string of the molecule is COc1cc2nn([C@H]3CC[C@H](N4CCC5(CCNCC5)CC4)CC3)cc2cc1NC(=O)c1cccc(C(F)(F)F)n1. The van der Waals surface area contributed by atoms with E-state index < -0.39 is 17.8 Å². The Bertz CT molecular complexity index is 1380. The topological polar surface area (TPSA) is 84.3 Å². The number of aromatic nitrogens is 3. The molecular formula is C30H37F3N6O2. The third-order valence-corrected chi connectivity index (χ3v) is 9.44. The maximum absolute atomic E-state index is 13.1. The molecule has 2 aromatic heterocycles. The number of nitrogens with one attached hydrogen (secondary N) is 2. The zero-order chi connectivity index (χ0) is 28.6. The van der Waals surface area contributed by atoms with Gasteiger partial charge in [0, 0.05) is 23.7 Å². The fourth-order valence-electron chi connectivity index (χ4n) is 6.94. The number of pyridine rings is 1. The van der Waals surface area contributed by atoms with Gasteiger partial charge in [0.1, 0.15) is 17.1 Å². The molecule has 3 fully saturated rings. The molecular weight excluding hydrogens is 533 g/mol. The van der Waals surface area contributed by atoms with Crippen LogP contribution in [0.4, 0.5) is 18.9 Å². The molecule has 41 heavy (non-hydrogen) atoms. The van der Waals surface area contributed by atoms with E-state index in [1.54, 1.807) is 12.1 Å². The number of benzene rings is 1. The van der Waals surface area contributed by atoms with Gasteiger partial charge >= 0.3 is 6.18 Å². The number of piperidine rings is 2. The number of alkyl halides is 3. The van der Waals surface area contributed by atoms with Crippen LogP contribution in [-0.4, -0.2) is 64.9 Å². The Morgan fingerprint density at radius 2 is 1.76 bits per heavy atom. The molecule has 2 aliphatic heterocycles. The first-order valence-corrected chi connectivity index (χ1v) is 14.6. The van der Waals surface area contributed by atoms with Crippen LogP contribution in [0.25, 0.3) is 10.9 Å². The standard InChI is InChI=1S/C30H37F3N6O2/c1-41-26-18-24-20(17-25(26)36-28(40)23-3-2-4-27(35-23)30(31,32)33)19-39(37-24)22-7-5-21(6-8-22)38-15-11-29(12-16-38)9-13-34-14-10-29/h2-4,17-19,21-22,34H,5-16H2,1H3,(H,36,40)/t21-,22-. The lowest BCUT2D eigenvalue weighted by molar-refractivity contribution is -0.141. The van der Waals surface area contributed by atoms with E-state index in [1.165, 1.54) is 58.0 Å². The van der Waals surface area contributed by atoms with Crippen LogP contribution in [0.1, 0.15) is 73.6 Å². The Kier molecular flexibility index (Phi) is 7.67. The number of hydrogen-bond donors (Lipinski definition) is 2. The van der Waals surface area contributed by atoms with Gasteiger partial charge in [0.25, 0.3) is 5.91 Å². The predicted molar refractivity (Wildman–Crippen MR) is 150 cm³/mol. The van der Waals surface area contributed by atoms with Crippen LogP contribution in [0, 0.1) is 5.41 Å². The Balaban J connectivity index is 1.11. The number of hydrogen-bond acceptors (Lipinski definition) is 6. The van der Waals surface area contributed by atoms with Crippen molar-refractivity contribution in [3.8, 4) is 5.75 Å². The molecule has 1 aromatic carbocycles. The zero-order valence-electron chi connectivity index (χ0n) is 23.3. The Labute approximate surface area is 237 Å². The first kappa shape index (κ1) is 28.0. The van der Waals surface area contributed by atoms with E-state index in [9.17, 15) is 18.0 Å². The maximum Gasteiger partial charge on any atom is 0.433 e. The van der Waals surface area contributed by atoms with Crippen LogP contribution in [0.2, 0.25) is 0 Å². The first-order valence-electron chi connectivity index (χ1n) is 14.6.